The lowest BCUT2D eigenvalue weighted by Crippen LogP contribution is -2.16. The molecule has 0 radical (unpaired) electrons. The number of phenols is 1. The van der Waals surface area contributed by atoms with Gasteiger partial charge >= 0.3 is 0 Å². The Morgan fingerprint density at radius 2 is 1.67 bits per heavy atom. The predicted octanol–water partition coefficient (Wildman–Crippen LogP) is 4.58. The van der Waals surface area contributed by atoms with Crippen molar-refractivity contribution >= 4 is 5.71 Å². The molecule has 0 bridgehead atoms. The average molecular weight is 403 g/mol. The SMILES string of the molecule is COc1ccc(CC2=NCCc3cc(OC)c(OCc4ccccc4)cc32)cc1O. The smallest absolute Gasteiger partial charge is 0.162 e. The third kappa shape index (κ3) is 4.25. The predicted molar refractivity (Wildman–Crippen MR) is 117 cm³/mol. The zero-order valence-corrected chi connectivity index (χ0v) is 17.2. The Labute approximate surface area is 176 Å². The van der Waals surface area contributed by atoms with E-state index in [9.17, 15) is 5.11 Å². The maximum atomic E-state index is 10.1. The lowest BCUT2D eigenvalue weighted by Gasteiger charge is -2.21. The van der Waals surface area contributed by atoms with Crippen molar-refractivity contribution in [2.75, 3.05) is 20.8 Å². The molecule has 0 unspecified atom stereocenters. The third-order valence-electron chi connectivity index (χ3n) is 5.24. The molecule has 154 valence electrons. The number of fused-ring (bicyclic) bond motifs is 1. The summed E-state index contributed by atoms with van der Waals surface area (Å²) in [5.41, 5.74) is 5.32. The van der Waals surface area contributed by atoms with E-state index in [0.29, 0.717) is 24.5 Å². The molecule has 0 atom stereocenters. The van der Waals surface area contributed by atoms with Crippen LogP contribution in [0.15, 0.2) is 65.7 Å². The van der Waals surface area contributed by atoms with Crippen molar-refractivity contribution in [3.8, 4) is 23.0 Å². The van der Waals surface area contributed by atoms with Gasteiger partial charge in [0, 0.05) is 24.2 Å². The van der Waals surface area contributed by atoms with Crippen molar-refractivity contribution in [2.45, 2.75) is 19.4 Å². The van der Waals surface area contributed by atoms with Gasteiger partial charge in [0.05, 0.1) is 14.2 Å². The molecule has 30 heavy (non-hydrogen) atoms. The van der Waals surface area contributed by atoms with Gasteiger partial charge in [-0.1, -0.05) is 36.4 Å². The van der Waals surface area contributed by atoms with Gasteiger partial charge in [-0.15, -0.1) is 0 Å². The molecule has 0 spiro atoms. The maximum absolute atomic E-state index is 10.1. The topological polar surface area (TPSA) is 60.3 Å². The first-order chi connectivity index (χ1) is 14.7. The Hall–Kier alpha value is -3.47. The molecule has 0 saturated carbocycles. The minimum absolute atomic E-state index is 0.133. The van der Waals surface area contributed by atoms with E-state index in [1.54, 1.807) is 26.4 Å². The highest BCUT2D eigenvalue weighted by molar-refractivity contribution is 6.04. The zero-order chi connectivity index (χ0) is 20.9. The zero-order valence-electron chi connectivity index (χ0n) is 17.2. The largest absolute Gasteiger partial charge is 0.504 e. The van der Waals surface area contributed by atoms with Crippen LogP contribution in [-0.4, -0.2) is 31.6 Å². The highest BCUT2D eigenvalue weighted by Crippen LogP contribution is 2.34. The molecule has 0 saturated heterocycles. The minimum Gasteiger partial charge on any atom is -0.504 e. The number of phenolic OH excluding ortho intramolecular Hbond substituents is 1. The van der Waals surface area contributed by atoms with Gasteiger partial charge in [-0.05, 0) is 47.4 Å². The summed E-state index contributed by atoms with van der Waals surface area (Å²) in [5, 5.41) is 10.1. The molecule has 1 aliphatic heterocycles. The van der Waals surface area contributed by atoms with Crippen LogP contribution in [0.2, 0.25) is 0 Å². The number of rotatable bonds is 7. The summed E-state index contributed by atoms with van der Waals surface area (Å²) in [6.07, 6.45) is 1.48. The molecule has 3 aromatic carbocycles. The lowest BCUT2D eigenvalue weighted by atomic mass is 9.93. The molecule has 5 heteroatoms. The van der Waals surface area contributed by atoms with E-state index in [1.807, 2.05) is 42.5 Å². The van der Waals surface area contributed by atoms with Crippen LogP contribution in [0, 0.1) is 0 Å². The van der Waals surface area contributed by atoms with Crippen molar-refractivity contribution in [2.24, 2.45) is 4.99 Å². The summed E-state index contributed by atoms with van der Waals surface area (Å²) in [7, 11) is 3.20. The molecular formula is C25H25NO4. The fourth-order valence-corrected chi connectivity index (χ4v) is 3.67. The Balaban J connectivity index is 1.60. The Kier molecular flexibility index (Phi) is 5.89. The van der Waals surface area contributed by atoms with E-state index >= 15 is 0 Å². The second-order valence-corrected chi connectivity index (χ2v) is 7.20. The van der Waals surface area contributed by atoms with E-state index in [4.69, 9.17) is 19.2 Å². The second kappa shape index (κ2) is 8.91. The lowest BCUT2D eigenvalue weighted by molar-refractivity contribution is 0.284. The number of nitrogens with zero attached hydrogens (tertiary/aromatic N) is 1. The molecule has 4 rings (SSSR count). The first-order valence-corrected chi connectivity index (χ1v) is 9.95. The maximum Gasteiger partial charge on any atom is 0.162 e. The third-order valence-corrected chi connectivity index (χ3v) is 5.24. The molecule has 0 amide bonds. The van der Waals surface area contributed by atoms with Gasteiger partial charge < -0.3 is 19.3 Å². The van der Waals surface area contributed by atoms with E-state index in [-0.39, 0.29) is 5.75 Å². The van der Waals surface area contributed by atoms with Gasteiger partial charge in [0.2, 0.25) is 0 Å². The van der Waals surface area contributed by atoms with Gasteiger partial charge in [0.15, 0.2) is 23.0 Å². The van der Waals surface area contributed by atoms with Crippen molar-refractivity contribution in [3.05, 3.63) is 82.9 Å². The number of aromatic hydroxyl groups is 1. The van der Waals surface area contributed by atoms with Crippen LogP contribution in [0.25, 0.3) is 0 Å². The number of benzene rings is 3. The first kappa shape index (κ1) is 19.8. The molecule has 1 aliphatic rings. The minimum atomic E-state index is 0.133. The monoisotopic (exact) mass is 403 g/mol. The van der Waals surface area contributed by atoms with Crippen LogP contribution in [0.4, 0.5) is 0 Å². The summed E-state index contributed by atoms with van der Waals surface area (Å²) < 4.78 is 16.8. The van der Waals surface area contributed by atoms with Gasteiger partial charge in [-0.25, -0.2) is 0 Å². The molecule has 5 nitrogen and oxygen atoms in total. The van der Waals surface area contributed by atoms with E-state index in [0.717, 1.165) is 41.1 Å². The number of aliphatic imine (C=N–C) groups is 1. The fraction of sp³-hybridized carbons (Fsp3) is 0.240. The van der Waals surface area contributed by atoms with Gasteiger partial charge in [-0.3, -0.25) is 4.99 Å². The number of hydrogen-bond acceptors (Lipinski definition) is 5. The van der Waals surface area contributed by atoms with Gasteiger partial charge in [-0.2, -0.15) is 0 Å². The Bertz CT molecular complexity index is 1060. The number of methoxy groups -OCH3 is 2. The molecule has 1 N–H and O–H groups in total. The molecule has 0 aromatic heterocycles. The van der Waals surface area contributed by atoms with Crippen LogP contribution in [0.3, 0.4) is 0 Å². The molecule has 3 aromatic rings. The Morgan fingerprint density at radius 3 is 2.40 bits per heavy atom. The highest BCUT2D eigenvalue weighted by Gasteiger charge is 2.19. The summed E-state index contributed by atoms with van der Waals surface area (Å²) in [5.74, 6) is 2.03. The van der Waals surface area contributed by atoms with Gasteiger partial charge in [0.1, 0.15) is 6.61 Å². The van der Waals surface area contributed by atoms with Crippen LogP contribution in [0.1, 0.15) is 22.3 Å². The highest BCUT2D eigenvalue weighted by atomic mass is 16.5. The number of ether oxygens (including phenoxy) is 3. The molecular weight excluding hydrogens is 378 g/mol. The van der Waals surface area contributed by atoms with Gasteiger partial charge in [0.25, 0.3) is 0 Å². The van der Waals surface area contributed by atoms with Crippen LogP contribution >= 0.6 is 0 Å². The van der Waals surface area contributed by atoms with Crippen molar-refractivity contribution < 1.29 is 19.3 Å². The summed E-state index contributed by atoms with van der Waals surface area (Å²) in [6, 6.07) is 19.6. The summed E-state index contributed by atoms with van der Waals surface area (Å²) in [4.78, 5) is 4.76. The van der Waals surface area contributed by atoms with E-state index in [1.165, 1.54) is 5.56 Å². The van der Waals surface area contributed by atoms with E-state index < -0.39 is 0 Å². The van der Waals surface area contributed by atoms with E-state index in [2.05, 4.69) is 6.07 Å². The average Bonchev–Trinajstić information content (AvgIpc) is 2.78. The second-order valence-electron chi connectivity index (χ2n) is 7.20. The van der Waals surface area contributed by atoms with Crippen molar-refractivity contribution in [3.63, 3.8) is 0 Å². The molecule has 0 aliphatic carbocycles. The standard InChI is InChI=1S/C25H25NO4/c1-28-23-9-8-18(13-22(23)27)12-21-20-15-25(30-16-17-6-4-3-5-7-17)24(29-2)14-19(20)10-11-26-21/h3-9,13-15,27H,10-12,16H2,1-2H3. The molecule has 1 heterocycles. The van der Waals surface area contributed by atoms with Crippen molar-refractivity contribution in [1.29, 1.82) is 0 Å². The fourth-order valence-electron chi connectivity index (χ4n) is 3.67. The van der Waals surface area contributed by atoms with Crippen molar-refractivity contribution in [1.82, 2.24) is 0 Å². The Morgan fingerprint density at radius 1 is 0.867 bits per heavy atom. The normalized spacial score (nSPS) is 12.7. The van der Waals surface area contributed by atoms with Crippen LogP contribution in [0.5, 0.6) is 23.0 Å². The first-order valence-electron chi connectivity index (χ1n) is 9.95. The molecule has 0 fully saturated rings. The quantitative estimate of drug-likeness (QED) is 0.627. The number of hydrogen-bond donors (Lipinski definition) is 1. The summed E-state index contributed by atoms with van der Waals surface area (Å²) >= 11 is 0. The van der Waals surface area contributed by atoms with Crippen LogP contribution < -0.4 is 14.2 Å². The summed E-state index contributed by atoms with van der Waals surface area (Å²) in [6.45, 7) is 1.20. The van der Waals surface area contributed by atoms with Crippen LogP contribution in [-0.2, 0) is 19.4 Å².